The van der Waals surface area contributed by atoms with Gasteiger partial charge in [-0.25, -0.2) is 4.98 Å². The van der Waals surface area contributed by atoms with Crippen LogP contribution >= 0.6 is 12.3 Å². The van der Waals surface area contributed by atoms with Crippen molar-refractivity contribution < 1.29 is 8.68 Å². The van der Waals surface area contributed by atoms with E-state index >= 15 is 0 Å². The number of carbonyl (C=O) groups is 1. The van der Waals surface area contributed by atoms with Gasteiger partial charge in [-0.3, -0.25) is 4.79 Å². The Balaban J connectivity index is 2.68. The molecule has 2 aromatic rings. The average Bonchev–Trinajstić information content (AvgIpc) is 2.66. The maximum Gasteiger partial charge on any atom is 0.221 e. The molecule has 16 heavy (non-hydrogen) atoms. The fraction of sp³-hybridized carbons (Fsp3) is 0.125. The number of nitrogens with one attached hydrogen (secondary N) is 1. The summed E-state index contributed by atoms with van der Waals surface area (Å²) in [6.07, 6.45) is 2.77. The van der Waals surface area contributed by atoms with E-state index in [0.29, 0.717) is 16.6 Å². The second-order valence-corrected chi connectivity index (χ2v) is 3.57. The molecule has 0 atom stereocenters. The molecule has 84 valence electrons. The van der Waals surface area contributed by atoms with Gasteiger partial charge >= 0.3 is 0 Å². The Kier molecular flexibility index (Phi) is 2.65. The smallest absolute Gasteiger partial charge is 0.221 e. The lowest BCUT2D eigenvalue weighted by Gasteiger charge is -2.05. The van der Waals surface area contributed by atoms with Gasteiger partial charge in [0.25, 0.3) is 0 Å². The highest BCUT2D eigenvalue weighted by Gasteiger charge is 2.13. The van der Waals surface area contributed by atoms with Gasteiger partial charge in [0.15, 0.2) is 12.3 Å². The molecule has 2 aromatic heterocycles. The van der Waals surface area contributed by atoms with Crippen molar-refractivity contribution in [2.75, 3.05) is 11.1 Å². The lowest BCUT2D eigenvalue weighted by molar-refractivity contribution is -0.114. The molecule has 0 aliphatic heterocycles. The van der Waals surface area contributed by atoms with Crippen molar-refractivity contribution in [2.24, 2.45) is 0 Å². The van der Waals surface area contributed by atoms with Crippen LogP contribution in [0.1, 0.15) is 6.92 Å². The van der Waals surface area contributed by atoms with E-state index in [2.05, 4.69) is 15.4 Å². The molecule has 2 rings (SSSR count). The fourth-order valence-electron chi connectivity index (χ4n) is 1.37. The second-order valence-electron chi connectivity index (χ2n) is 3.09. The van der Waals surface area contributed by atoms with Crippen LogP contribution < -0.4 is 11.1 Å². The van der Waals surface area contributed by atoms with Gasteiger partial charge in [-0.2, -0.15) is 9.19 Å². The van der Waals surface area contributed by atoms with Gasteiger partial charge in [0, 0.05) is 6.92 Å². The van der Waals surface area contributed by atoms with E-state index in [1.807, 2.05) is 0 Å². The Morgan fingerprint density at radius 2 is 2.38 bits per heavy atom. The van der Waals surface area contributed by atoms with Crippen molar-refractivity contribution >= 4 is 40.6 Å². The van der Waals surface area contributed by atoms with Gasteiger partial charge in [-0.1, -0.05) is 0 Å². The van der Waals surface area contributed by atoms with E-state index in [1.165, 1.54) is 19.3 Å². The molecular formula is C8H8FN5OS. The molecule has 6 nitrogen and oxygen atoms in total. The number of aromatic nitrogens is 3. The monoisotopic (exact) mass is 241 g/mol. The second kappa shape index (κ2) is 3.97. The molecule has 8 heteroatoms. The van der Waals surface area contributed by atoms with Crippen molar-refractivity contribution in [3.05, 3.63) is 12.4 Å². The number of hydrogen-bond acceptors (Lipinski definition) is 5. The SMILES string of the molecule is CC(=O)Nc1cnc(N)c2cnn(SF)c12. The van der Waals surface area contributed by atoms with Crippen LogP contribution in [0.4, 0.5) is 15.4 Å². The molecule has 0 bridgehead atoms. The van der Waals surface area contributed by atoms with Crippen LogP contribution in [-0.2, 0) is 4.79 Å². The number of nitrogen functional groups attached to an aromatic ring is 1. The summed E-state index contributed by atoms with van der Waals surface area (Å²) in [5.74, 6) is -0.0334. The van der Waals surface area contributed by atoms with Crippen molar-refractivity contribution in [2.45, 2.75) is 6.92 Å². The van der Waals surface area contributed by atoms with Crippen LogP contribution in [-0.4, -0.2) is 20.1 Å². The van der Waals surface area contributed by atoms with Crippen LogP contribution in [0.3, 0.4) is 0 Å². The van der Waals surface area contributed by atoms with Crippen LogP contribution in [0.5, 0.6) is 0 Å². The molecule has 0 aliphatic rings. The highest BCUT2D eigenvalue weighted by atomic mass is 32.2. The van der Waals surface area contributed by atoms with Gasteiger partial charge in [-0.15, -0.1) is 3.89 Å². The van der Waals surface area contributed by atoms with Crippen LogP contribution in [0, 0.1) is 0 Å². The summed E-state index contributed by atoms with van der Waals surface area (Å²) in [5.41, 5.74) is 6.39. The van der Waals surface area contributed by atoms with E-state index in [4.69, 9.17) is 5.73 Å². The summed E-state index contributed by atoms with van der Waals surface area (Å²) < 4.78 is 13.6. The number of halogens is 1. The topological polar surface area (TPSA) is 85.8 Å². The van der Waals surface area contributed by atoms with Gasteiger partial charge in [-0.05, 0) is 0 Å². The molecule has 1 amide bonds. The Labute approximate surface area is 94.4 Å². The third kappa shape index (κ3) is 1.67. The molecule has 0 aromatic carbocycles. The molecule has 3 N–H and O–H groups in total. The minimum Gasteiger partial charge on any atom is -0.383 e. The predicted molar refractivity (Wildman–Crippen MR) is 60.3 cm³/mol. The van der Waals surface area contributed by atoms with Crippen LogP contribution in [0.2, 0.25) is 0 Å². The maximum absolute atomic E-state index is 12.6. The maximum atomic E-state index is 12.6. The standard InChI is InChI=1S/C8H8FN5OS/c1-4(15)13-6-3-11-8(10)5-2-12-14(16-9)7(5)6/h2-3H,1H3,(H2,10,11)(H,13,15). The molecule has 0 saturated heterocycles. The van der Waals surface area contributed by atoms with Gasteiger partial charge in [0.1, 0.15) is 11.3 Å². The summed E-state index contributed by atoms with van der Waals surface area (Å²) in [6, 6.07) is 0. The van der Waals surface area contributed by atoms with Gasteiger partial charge < -0.3 is 11.1 Å². The van der Waals surface area contributed by atoms with Crippen LogP contribution in [0.25, 0.3) is 10.9 Å². The molecule has 0 spiro atoms. The van der Waals surface area contributed by atoms with Crippen molar-refractivity contribution in [1.29, 1.82) is 0 Å². The first-order chi connectivity index (χ1) is 7.63. The van der Waals surface area contributed by atoms with E-state index in [0.717, 1.165) is 4.09 Å². The molecular weight excluding hydrogens is 233 g/mol. The molecule has 0 radical (unpaired) electrons. The minimum atomic E-state index is -0.274. The average molecular weight is 241 g/mol. The number of anilines is 2. The number of amides is 1. The number of nitrogens with two attached hydrogens (primary N) is 1. The first-order valence-corrected chi connectivity index (χ1v) is 4.99. The summed E-state index contributed by atoms with van der Waals surface area (Å²) >= 11 is -0.0742. The quantitative estimate of drug-likeness (QED) is 0.828. The van der Waals surface area contributed by atoms with Gasteiger partial charge in [0.2, 0.25) is 5.91 Å². The summed E-state index contributed by atoms with van der Waals surface area (Å²) in [5, 5.41) is 6.81. The number of nitrogens with zero attached hydrogens (tertiary/aromatic N) is 3. The Hall–Kier alpha value is -1.83. The zero-order valence-corrected chi connectivity index (χ0v) is 9.08. The largest absolute Gasteiger partial charge is 0.383 e. The van der Waals surface area contributed by atoms with E-state index in [-0.39, 0.29) is 24.1 Å². The molecule has 0 saturated carbocycles. The fourth-order valence-corrected chi connectivity index (χ4v) is 1.71. The molecule has 0 aliphatic carbocycles. The first kappa shape index (κ1) is 10.7. The molecule has 0 fully saturated rings. The Morgan fingerprint density at radius 3 is 3.00 bits per heavy atom. The van der Waals surface area contributed by atoms with E-state index < -0.39 is 0 Å². The Bertz CT molecular complexity index is 555. The van der Waals surface area contributed by atoms with Crippen molar-refractivity contribution in [3.8, 4) is 0 Å². The van der Waals surface area contributed by atoms with Crippen LogP contribution in [0.15, 0.2) is 12.4 Å². The van der Waals surface area contributed by atoms with Crippen molar-refractivity contribution in [3.63, 3.8) is 0 Å². The molecule has 0 unspecified atom stereocenters. The minimum absolute atomic E-state index is 0.0742. The third-order valence-electron chi connectivity index (χ3n) is 1.98. The van der Waals surface area contributed by atoms with E-state index in [9.17, 15) is 8.68 Å². The van der Waals surface area contributed by atoms with Gasteiger partial charge in [0.05, 0.1) is 23.5 Å². The highest BCUT2D eigenvalue weighted by molar-refractivity contribution is 7.92. The summed E-state index contributed by atoms with van der Waals surface area (Å²) in [7, 11) is 0. The first-order valence-electron chi connectivity index (χ1n) is 4.32. The third-order valence-corrected chi connectivity index (χ3v) is 2.39. The van der Waals surface area contributed by atoms with Crippen molar-refractivity contribution in [1.82, 2.24) is 14.2 Å². The van der Waals surface area contributed by atoms with E-state index in [1.54, 1.807) is 0 Å². The Morgan fingerprint density at radius 1 is 1.62 bits per heavy atom. The number of hydrogen-bond donors (Lipinski definition) is 2. The highest BCUT2D eigenvalue weighted by Crippen LogP contribution is 2.29. The normalized spacial score (nSPS) is 10.6. The number of fused-ring (bicyclic) bond motifs is 1. The summed E-state index contributed by atoms with van der Waals surface area (Å²) in [4.78, 5) is 14.8. The predicted octanol–water partition coefficient (Wildman–Crippen LogP) is 1.35. The number of rotatable bonds is 2. The summed E-state index contributed by atoms with van der Waals surface area (Å²) in [6.45, 7) is 1.35. The lowest BCUT2D eigenvalue weighted by Crippen LogP contribution is -2.08. The molecule has 2 heterocycles. The zero-order valence-electron chi connectivity index (χ0n) is 8.27. The number of carbonyl (C=O) groups excluding carboxylic acids is 1. The number of pyridine rings is 1. The lowest BCUT2D eigenvalue weighted by atomic mass is 10.3. The zero-order chi connectivity index (χ0) is 11.7.